The lowest BCUT2D eigenvalue weighted by molar-refractivity contribution is 0.251. The number of amides is 2. The zero-order chi connectivity index (χ0) is 18.4. The standard InChI is InChI=1S/C20H26N2O3/c1-20(2,3)15-8-6-7-9-16(15)22-19(23)21-13-14-10-11-17(24-4)18(12-14)25-5/h6-12H,13H2,1-5H3,(H2,21,22,23). The summed E-state index contributed by atoms with van der Waals surface area (Å²) < 4.78 is 10.5. The van der Waals surface area contributed by atoms with Crippen LogP contribution in [0.4, 0.5) is 10.5 Å². The fraction of sp³-hybridized carbons (Fsp3) is 0.350. The quantitative estimate of drug-likeness (QED) is 0.850. The van der Waals surface area contributed by atoms with Crippen molar-refractivity contribution in [1.29, 1.82) is 0 Å². The molecular weight excluding hydrogens is 316 g/mol. The summed E-state index contributed by atoms with van der Waals surface area (Å²) in [7, 11) is 3.18. The molecule has 2 N–H and O–H groups in total. The number of carbonyl (C=O) groups excluding carboxylic acids is 1. The minimum absolute atomic E-state index is 0.0484. The molecule has 2 amide bonds. The molecule has 0 fully saturated rings. The molecule has 0 aliphatic carbocycles. The van der Waals surface area contributed by atoms with Gasteiger partial charge in [-0.1, -0.05) is 45.0 Å². The van der Waals surface area contributed by atoms with Crippen LogP contribution in [0.5, 0.6) is 11.5 Å². The van der Waals surface area contributed by atoms with E-state index in [2.05, 4.69) is 31.4 Å². The van der Waals surface area contributed by atoms with Crippen molar-refractivity contribution in [2.24, 2.45) is 0 Å². The minimum Gasteiger partial charge on any atom is -0.493 e. The average Bonchev–Trinajstić information content (AvgIpc) is 2.59. The van der Waals surface area contributed by atoms with Crippen LogP contribution in [0, 0.1) is 0 Å². The van der Waals surface area contributed by atoms with Crippen LogP contribution in [0.2, 0.25) is 0 Å². The van der Waals surface area contributed by atoms with Gasteiger partial charge in [0.05, 0.1) is 14.2 Å². The molecule has 0 spiro atoms. The van der Waals surface area contributed by atoms with Crippen LogP contribution in [0.15, 0.2) is 42.5 Å². The van der Waals surface area contributed by atoms with E-state index < -0.39 is 0 Å². The monoisotopic (exact) mass is 342 g/mol. The molecule has 0 radical (unpaired) electrons. The number of carbonyl (C=O) groups is 1. The van der Waals surface area contributed by atoms with Gasteiger partial charge in [0.15, 0.2) is 11.5 Å². The Morgan fingerprint density at radius 2 is 1.68 bits per heavy atom. The highest BCUT2D eigenvalue weighted by atomic mass is 16.5. The Kier molecular flexibility index (Phi) is 5.91. The minimum atomic E-state index is -0.244. The Labute approximate surface area is 149 Å². The number of methoxy groups -OCH3 is 2. The average molecular weight is 342 g/mol. The van der Waals surface area contributed by atoms with Gasteiger partial charge in [0.25, 0.3) is 0 Å². The third kappa shape index (κ3) is 4.89. The van der Waals surface area contributed by atoms with Crippen molar-refractivity contribution in [2.45, 2.75) is 32.7 Å². The molecule has 0 bridgehead atoms. The van der Waals surface area contributed by atoms with Crippen LogP contribution in [0.25, 0.3) is 0 Å². The third-order valence-corrected chi connectivity index (χ3v) is 3.88. The Morgan fingerprint density at radius 3 is 2.32 bits per heavy atom. The van der Waals surface area contributed by atoms with Crippen LogP contribution < -0.4 is 20.1 Å². The SMILES string of the molecule is COc1ccc(CNC(=O)Nc2ccccc2C(C)(C)C)cc1OC. The van der Waals surface area contributed by atoms with E-state index in [0.717, 1.165) is 16.8 Å². The normalized spacial score (nSPS) is 10.9. The summed E-state index contributed by atoms with van der Waals surface area (Å²) >= 11 is 0. The maximum Gasteiger partial charge on any atom is 0.319 e. The lowest BCUT2D eigenvalue weighted by atomic mass is 9.86. The predicted octanol–water partition coefficient (Wildman–Crippen LogP) is 4.32. The molecule has 0 aromatic heterocycles. The second-order valence-corrected chi connectivity index (χ2v) is 6.79. The highest BCUT2D eigenvalue weighted by Gasteiger charge is 2.18. The van der Waals surface area contributed by atoms with E-state index in [1.807, 2.05) is 42.5 Å². The van der Waals surface area contributed by atoms with Gasteiger partial charge in [-0.2, -0.15) is 0 Å². The van der Waals surface area contributed by atoms with Gasteiger partial charge in [-0.25, -0.2) is 4.79 Å². The van der Waals surface area contributed by atoms with Crippen molar-refractivity contribution >= 4 is 11.7 Å². The Hall–Kier alpha value is -2.69. The van der Waals surface area contributed by atoms with Crippen molar-refractivity contribution < 1.29 is 14.3 Å². The first-order chi connectivity index (χ1) is 11.8. The predicted molar refractivity (Wildman–Crippen MR) is 101 cm³/mol. The number of urea groups is 1. The summed E-state index contributed by atoms with van der Waals surface area (Å²) in [5, 5.41) is 5.80. The fourth-order valence-electron chi connectivity index (χ4n) is 2.59. The molecule has 0 saturated carbocycles. The van der Waals surface area contributed by atoms with Crippen molar-refractivity contribution in [3.63, 3.8) is 0 Å². The van der Waals surface area contributed by atoms with E-state index in [1.54, 1.807) is 14.2 Å². The second kappa shape index (κ2) is 7.92. The Morgan fingerprint density at radius 1 is 1.00 bits per heavy atom. The molecule has 0 atom stereocenters. The Balaban J connectivity index is 2.03. The number of benzene rings is 2. The largest absolute Gasteiger partial charge is 0.493 e. The van der Waals surface area contributed by atoms with Crippen LogP contribution >= 0.6 is 0 Å². The molecule has 2 aromatic rings. The summed E-state index contributed by atoms with van der Waals surface area (Å²) in [4.78, 5) is 12.3. The fourth-order valence-corrected chi connectivity index (χ4v) is 2.59. The first-order valence-electron chi connectivity index (χ1n) is 8.20. The molecular formula is C20H26N2O3. The molecule has 0 aliphatic heterocycles. The van der Waals surface area contributed by atoms with Gasteiger partial charge in [-0.15, -0.1) is 0 Å². The molecule has 134 valence electrons. The first kappa shape index (κ1) is 18.6. The van der Waals surface area contributed by atoms with E-state index in [9.17, 15) is 4.79 Å². The molecule has 0 saturated heterocycles. The van der Waals surface area contributed by atoms with Crippen molar-refractivity contribution in [2.75, 3.05) is 19.5 Å². The Bertz CT molecular complexity index is 736. The van der Waals surface area contributed by atoms with Crippen LogP contribution in [0.1, 0.15) is 31.9 Å². The molecule has 5 heteroatoms. The van der Waals surface area contributed by atoms with Crippen molar-refractivity contribution in [3.05, 3.63) is 53.6 Å². The zero-order valence-corrected chi connectivity index (χ0v) is 15.5. The van der Waals surface area contributed by atoms with E-state index in [4.69, 9.17) is 9.47 Å². The smallest absolute Gasteiger partial charge is 0.319 e. The molecule has 0 unspecified atom stereocenters. The summed E-state index contributed by atoms with van der Waals surface area (Å²) in [6, 6.07) is 13.2. The maximum absolute atomic E-state index is 12.3. The van der Waals surface area contributed by atoms with Crippen LogP contribution in [0.3, 0.4) is 0 Å². The lowest BCUT2D eigenvalue weighted by Gasteiger charge is -2.23. The van der Waals surface area contributed by atoms with Gasteiger partial charge in [0.2, 0.25) is 0 Å². The summed E-state index contributed by atoms with van der Waals surface area (Å²) in [6.45, 7) is 6.75. The summed E-state index contributed by atoms with van der Waals surface area (Å²) in [6.07, 6.45) is 0. The van der Waals surface area contributed by atoms with Gasteiger partial charge in [0.1, 0.15) is 0 Å². The number of anilines is 1. The van der Waals surface area contributed by atoms with E-state index in [0.29, 0.717) is 18.0 Å². The summed E-state index contributed by atoms with van der Waals surface area (Å²) in [5.41, 5.74) is 2.79. The molecule has 2 rings (SSSR count). The highest BCUT2D eigenvalue weighted by molar-refractivity contribution is 5.90. The third-order valence-electron chi connectivity index (χ3n) is 3.88. The summed E-state index contributed by atoms with van der Waals surface area (Å²) in [5.74, 6) is 1.30. The number of nitrogens with one attached hydrogen (secondary N) is 2. The molecule has 2 aromatic carbocycles. The number of para-hydroxylation sites is 1. The van der Waals surface area contributed by atoms with E-state index in [-0.39, 0.29) is 11.4 Å². The van der Waals surface area contributed by atoms with Gasteiger partial charge in [-0.3, -0.25) is 0 Å². The lowest BCUT2D eigenvalue weighted by Crippen LogP contribution is -2.29. The molecule has 5 nitrogen and oxygen atoms in total. The zero-order valence-electron chi connectivity index (χ0n) is 15.5. The molecule has 0 aliphatic rings. The van der Waals surface area contributed by atoms with Crippen LogP contribution in [-0.2, 0) is 12.0 Å². The van der Waals surface area contributed by atoms with Crippen molar-refractivity contribution in [3.8, 4) is 11.5 Å². The van der Waals surface area contributed by atoms with Crippen LogP contribution in [-0.4, -0.2) is 20.3 Å². The topological polar surface area (TPSA) is 59.6 Å². The number of rotatable bonds is 5. The molecule has 0 heterocycles. The number of hydrogen-bond acceptors (Lipinski definition) is 3. The highest BCUT2D eigenvalue weighted by Crippen LogP contribution is 2.29. The van der Waals surface area contributed by atoms with Gasteiger partial charge in [-0.05, 0) is 34.7 Å². The van der Waals surface area contributed by atoms with Gasteiger partial charge in [0, 0.05) is 12.2 Å². The second-order valence-electron chi connectivity index (χ2n) is 6.79. The number of ether oxygens (including phenoxy) is 2. The van der Waals surface area contributed by atoms with E-state index in [1.165, 1.54) is 0 Å². The van der Waals surface area contributed by atoms with Gasteiger partial charge >= 0.3 is 6.03 Å². The van der Waals surface area contributed by atoms with E-state index >= 15 is 0 Å². The van der Waals surface area contributed by atoms with Crippen molar-refractivity contribution in [1.82, 2.24) is 5.32 Å². The number of hydrogen-bond donors (Lipinski definition) is 2. The maximum atomic E-state index is 12.3. The first-order valence-corrected chi connectivity index (χ1v) is 8.20. The van der Waals surface area contributed by atoms with Gasteiger partial charge < -0.3 is 20.1 Å². The molecule has 25 heavy (non-hydrogen) atoms.